The van der Waals surface area contributed by atoms with Crippen LogP contribution in [0.5, 0.6) is 0 Å². The fourth-order valence-corrected chi connectivity index (χ4v) is 1.58. The summed E-state index contributed by atoms with van der Waals surface area (Å²) in [6.45, 7) is 8.93. The summed E-state index contributed by atoms with van der Waals surface area (Å²) in [5.74, 6) is 0. The lowest BCUT2D eigenvalue weighted by atomic mass is 10.0. The van der Waals surface area contributed by atoms with Crippen molar-refractivity contribution in [2.75, 3.05) is 6.54 Å². The molecular weight excluding hydrogens is 202 g/mol. The van der Waals surface area contributed by atoms with E-state index in [0.29, 0.717) is 0 Å². The van der Waals surface area contributed by atoms with E-state index in [-0.39, 0.29) is 0 Å². The molecule has 0 spiro atoms. The number of nitrogens with one attached hydrogen (secondary N) is 1. The first-order chi connectivity index (χ1) is 7.16. The van der Waals surface area contributed by atoms with Crippen molar-refractivity contribution in [3.63, 3.8) is 0 Å². The summed E-state index contributed by atoms with van der Waals surface area (Å²) in [6.07, 6.45) is 1.97. The zero-order valence-electron chi connectivity index (χ0n) is 9.25. The number of hydrogen-bond donors (Lipinski definition) is 2. The second kappa shape index (κ2) is 5.66. The smallest absolute Gasteiger partial charge is 0.0113 e. The Labute approximate surface area is 97.3 Å². The molecule has 0 unspecified atom stereocenters. The van der Waals surface area contributed by atoms with Crippen LogP contribution in [0.15, 0.2) is 41.9 Å². The SMILES string of the molecule is C=C(S)/C(=C\NCC)c1ccccc1C. The maximum Gasteiger partial charge on any atom is 0.0113 e. The Hall–Kier alpha value is -1.15. The summed E-state index contributed by atoms with van der Waals surface area (Å²) in [4.78, 5) is 0.783. The van der Waals surface area contributed by atoms with Gasteiger partial charge in [-0.05, 0) is 25.0 Å². The zero-order chi connectivity index (χ0) is 11.3. The van der Waals surface area contributed by atoms with Gasteiger partial charge in [-0.3, -0.25) is 0 Å². The first-order valence-corrected chi connectivity index (χ1v) is 5.49. The molecule has 1 nitrogen and oxygen atoms in total. The third kappa shape index (κ3) is 3.17. The summed E-state index contributed by atoms with van der Waals surface area (Å²) >= 11 is 4.32. The molecule has 0 amide bonds. The molecule has 0 aliphatic heterocycles. The van der Waals surface area contributed by atoms with E-state index in [1.54, 1.807) is 0 Å². The van der Waals surface area contributed by atoms with Crippen LogP contribution in [0.4, 0.5) is 0 Å². The van der Waals surface area contributed by atoms with Crippen LogP contribution < -0.4 is 5.32 Å². The van der Waals surface area contributed by atoms with Crippen LogP contribution in [0.25, 0.3) is 5.57 Å². The van der Waals surface area contributed by atoms with E-state index < -0.39 is 0 Å². The monoisotopic (exact) mass is 219 g/mol. The Morgan fingerprint density at radius 3 is 2.67 bits per heavy atom. The molecule has 0 aliphatic rings. The average molecular weight is 219 g/mol. The van der Waals surface area contributed by atoms with Gasteiger partial charge in [-0.1, -0.05) is 30.8 Å². The van der Waals surface area contributed by atoms with Gasteiger partial charge >= 0.3 is 0 Å². The molecule has 0 saturated heterocycles. The van der Waals surface area contributed by atoms with Crippen LogP contribution in [0.2, 0.25) is 0 Å². The third-order valence-electron chi connectivity index (χ3n) is 2.20. The van der Waals surface area contributed by atoms with Crippen LogP contribution in [0.3, 0.4) is 0 Å². The van der Waals surface area contributed by atoms with Crippen LogP contribution in [-0.2, 0) is 0 Å². The maximum absolute atomic E-state index is 4.32. The molecule has 1 aromatic carbocycles. The molecule has 1 N–H and O–H groups in total. The first-order valence-electron chi connectivity index (χ1n) is 5.04. The molecule has 0 heterocycles. The standard InChI is InChI=1S/C13H17NS/c1-4-14-9-13(11(3)15)12-8-6-5-7-10(12)2/h5-9,14-15H,3-4H2,1-2H3/b13-9+. The Kier molecular flexibility index (Phi) is 4.50. The highest BCUT2D eigenvalue weighted by Crippen LogP contribution is 2.26. The van der Waals surface area contributed by atoms with Gasteiger partial charge in [-0.25, -0.2) is 0 Å². The summed E-state index contributed by atoms with van der Waals surface area (Å²) in [7, 11) is 0. The fourth-order valence-electron chi connectivity index (χ4n) is 1.40. The number of allylic oxidation sites excluding steroid dienone is 1. The van der Waals surface area contributed by atoms with Gasteiger partial charge < -0.3 is 5.32 Å². The molecule has 0 aliphatic carbocycles. The number of thiol groups is 1. The van der Waals surface area contributed by atoms with E-state index in [1.165, 1.54) is 11.1 Å². The molecule has 80 valence electrons. The van der Waals surface area contributed by atoms with Crippen molar-refractivity contribution in [1.29, 1.82) is 0 Å². The molecule has 0 bridgehead atoms. The molecular formula is C13H17NS. The van der Waals surface area contributed by atoms with E-state index in [1.807, 2.05) is 18.3 Å². The maximum atomic E-state index is 4.32. The van der Waals surface area contributed by atoms with Gasteiger partial charge in [0.15, 0.2) is 0 Å². The van der Waals surface area contributed by atoms with Gasteiger partial charge in [-0.2, -0.15) is 0 Å². The summed E-state index contributed by atoms with van der Waals surface area (Å²) < 4.78 is 0. The highest BCUT2D eigenvalue weighted by Gasteiger charge is 2.05. The van der Waals surface area contributed by atoms with E-state index in [9.17, 15) is 0 Å². The van der Waals surface area contributed by atoms with Crippen LogP contribution >= 0.6 is 12.6 Å². The van der Waals surface area contributed by atoms with Crippen LogP contribution in [-0.4, -0.2) is 6.54 Å². The fraction of sp³-hybridized carbons (Fsp3) is 0.231. The minimum atomic E-state index is 0.783. The second-order valence-corrected chi connectivity index (χ2v) is 3.92. The van der Waals surface area contributed by atoms with E-state index in [4.69, 9.17) is 0 Å². The lowest BCUT2D eigenvalue weighted by Crippen LogP contribution is -2.04. The quantitative estimate of drug-likeness (QED) is 0.584. The average Bonchev–Trinajstić information content (AvgIpc) is 2.20. The highest BCUT2D eigenvalue weighted by atomic mass is 32.1. The van der Waals surface area contributed by atoms with Crippen LogP contribution in [0, 0.1) is 6.92 Å². The molecule has 0 atom stereocenters. The normalized spacial score (nSPS) is 11.3. The van der Waals surface area contributed by atoms with Crippen molar-refractivity contribution in [3.8, 4) is 0 Å². The van der Waals surface area contributed by atoms with Crippen LogP contribution in [0.1, 0.15) is 18.1 Å². The predicted octanol–water partition coefficient (Wildman–Crippen LogP) is 3.39. The van der Waals surface area contributed by atoms with Gasteiger partial charge in [0.05, 0.1) is 0 Å². The molecule has 2 heteroatoms. The van der Waals surface area contributed by atoms with Crippen molar-refractivity contribution in [3.05, 3.63) is 53.1 Å². The van der Waals surface area contributed by atoms with E-state index in [2.05, 4.69) is 50.5 Å². The van der Waals surface area contributed by atoms with E-state index in [0.717, 1.165) is 17.0 Å². The summed E-state index contributed by atoms with van der Waals surface area (Å²) in [5, 5.41) is 3.18. The van der Waals surface area contributed by atoms with Gasteiger partial charge in [0, 0.05) is 23.2 Å². The zero-order valence-corrected chi connectivity index (χ0v) is 10.1. The number of benzene rings is 1. The molecule has 0 aromatic heterocycles. The minimum Gasteiger partial charge on any atom is -0.391 e. The second-order valence-electron chi connectivity index (χ2n) is 3.38. The predicted molar refractivity (Wildman–Crippen MR) is 71.0 cm³/mol. The van der Waals surface area contributed by atoms with Gasteiger partial charge in [0.2, 0.25) is 0 Å². The lowest BCUT2D eigenvalue weighted by Gasteiger charge is -2.10. The molecule has 1 aromatic rings. The molecule has 0 fully saturated rings. The van der Waals surface area contributed by atoms with Crippen molar-refractivity contribution >= 4 is 18.2 Å². The van der Waals surface area contributed by atoms with Gasteiger partial charge in [0.25, 0.3) is 0 Å². The summed E-state index contributed by atoms with van der Waals surface area (Å²) in [6, 6.07) is 8.23. The Balaban J connectivity index is 3.10. The Bertz CT molecular complexity index is 380. The highest BCUT2D eigenvalue weighted by molar-refractivity contribution is 7.85. The molecule has 0 radical (unpaired) electrons. The topological polar surface area (TPSA) is 12.0 Å². The van der Waals surface area contributed by atoms with Crippen molar-refractivity contribution < 1.29 is 0 Å². The minimum absolute atomic E-state index is 0.783. The number of hydrogen-bond acceptors (Lipinski definition) is 2. The Morgan fingerprint density at radius 1 is 1.47 bits per heavy atom. The Morgan fingerprint density at radius 2 is 2.13 bits per heavy atom. The van der Waals surface area contributed by atoms with Gasteiger partial charge in [-0.15, -0.1) is 12.6 Å². The largest absolute Gasteiger partial charge is 0.391 e. The first kappa shape index (κ1) is 11.9. The van der Waals surface area contributed by atoms with Crippen molar-refractivity contribution in [1.82, 2.24) is 5.32 Å². The number of aryl methyl sites for hydroxylation is 1. The van der Waals surface area contributed by atoms with Gasteiger partial charge in [0.1, 0.15) is 0 Å². The third-order valence-corrected chi connectivity index (χ3v) is 2.44. The van der Waals surface area contributed by atoms with Crippen molar-refractivity contribution in [2.24, 2.45) is 0 Å². The number of rotatable bonds is 4. The molecule has 15 heavy (non-hydrogen) atoms. The van der Waals surface area contributed by atoms with E-state index >= 15 is 0 Å². The summed E-state index contributed by atoms with van der Waals surface area (Å²) in [5.41, 5.74) is 3.47. The molecule has 0 saturated carbocycles. The lowest BCUT2D eigenvalue weighted by molar-refractivity contribution is 0.921. The molecule has 1 rings (SSSR count). The van der Waals surface area contributed by atoms with Crippen molar-refractivity contribution in [2.45, 2.75) is 13.8 Å².